The van der Waals surface area contributed by atoms with E-state index in [2.05, 4.69) is 14.7 Å². The average molecular weight is 250 g/mol. The Morgan fingerprint density at radius 3 is 3.00 bits per heavy atom. The first-order chi connectivity index (χ1) is 8.19. The SMILES string of the molecule is COC(C)c1nsc(Nc2cccc(N)c2)n1. The van der Waals surface area contributed by atoms with Crippen molar-refractivity contribution in [3.05, 3.63) is 30.1 Å². The number of nitrogens with zero attached hydrogens (tertiary/aromatic N) is 2. The van der Waals surface area contributed by atoms with E-state index in [1.165, 1.54) is 11.5 Å². The monoisotopic (exact) mass is 250 g/mol. The number of nitrogens with one attached hydrogen (secondary N) is 1. The van der Waals surface area contributed by atoms with Crippen LogP contribution in [0.2, 0.25) is 0 Å². The highest BCUT2D eigenvalue weighted by molar-refractivity contribution is 7.09. The Balaban J connectivity index is 2.11. The maximum absolute atomic E-state index is 5.69. The maximum atomic E-state index is 5.69. The van der Waals surface area contributed by atoms with Gasteiger partial charge in [0.1, 0.15) is 6.10 Å². The fourth-order valence-corrected chi connectivity index (χ4v) is 1.96. The van der Waals surface area contributed by atoms with Crippen molar-refractivity contribution in [2.75, 3.05) is 18.2 Å². The molecule has 17 heavy (non-hydrogen) atoms. The molecule has 3 N–H and O–H groups in total. The van der Waals surface area contributed by atoms with Gasteiger partial charge in [0.2, 0.25) is 5.13 Å². The molecule has 0 saturated carbocycles. The average Bonchev–Trinajstić information content (AvgIpc) is 2.76. The molecule has 0 aliphatic heterocycles. The molecule has 5 nitrogen and oxygen atoms in total. The molecule has 1 aromatic carbocycles. The quantitative estimate of drug-likeness (QED) is 0.816. The van der Waals surface area contributed by atoms with Gasteiger partial charge in [-0.25, -0.2) is 4.98 Å². The predicted molar refractivity (Wildman–Crippen MR) is 69.5 cm³/mol. The van der Waals surface area contributed by atoms with Gasteiger partial charge in [0.15, 0.2) is 5.82 Å². The zero-order chi connectivity index (χ0) is 12.3. The van der Waals surface area contributed by atoms with E-state index in [1.54, 1.807) is 7.11 Å². The molecule has 6 heteroatoms. The van der Waals surface area contributed by atoms with Gasteiger partial charge < -0.3 is 15.8 Å². The highest BCUT2D eigenvalue weighted by Crippen LogP contribution is 2.22. The summed E-state index contributed by atoms with van der Waals surface area (Å²) in [5.74, 6) is 0.684. The standard InChI is InChI=1S/C11H14N4OS/c1-7(16-2)10-14-11(17-15-10)13-9-5-3-4-8(12)6-9/h3-7H,12H2,1-2H3,(H,13,14,15). The minimum absolute atomic E-state index is 0.0948. The second kappa shape index (κ2) is 5.11. The van der Waals surface area contributed by atoms with Gasteiger partial charge in [0.05, 0.1) is 0 Å². The Morgan fingerprint density at radius 1 is 1.47 bits per heavy atom. The molecule has 0 spiro atoms. The van der Waals surface area contributed by atoms with Gasteiger partial charge in [-0.1, -0.05) is 6.07 Å². The summed E-state index contributed by atoms with van der Waals surface area (Å²) in [5.41, 5.74) is 7.31. The third-order valence-electron chi connectivity index (χ3n) is 2.30. The molecule has 2 aromatic rings. The van der Waals surface area contributed by atoms with E-state index >= 15 is 0 Å². The molecule has 1 atom stereocenters. The van der Waals surface area contributed by atoms with Crippen LogP contribution in [0.5, 0.6) is 0 Å². The minimum Gasteiger partial charge on any atom is -0.399 e. The lowest BCUT2D eigenvalue weighted by molar-refractivity contribution is 0.113. The molecule has 90 valence electrons. The van der Waals surface area contributed by atoms with Crippen molar-refractivity contribution in [2.24, 2.45) is 0 Å². The third kappa shape index (κ3) is 2.92. The van der Waals surface area contributed by atoms with Crippen LogP contribution in [0.25, 0.3) is 0 Å². The van der Waals surface area contributed by atoms with Gasteiger partial charge in [0, 0.05) is 30.0 Å². The summed E-state index contributed by atoms with van der Waals surface area (Å²) in [7, 11) is 1.64. The van der Waals surface area contributed by atoms with Gasteiger partial charge in [-0.2, -0.15) is 4.37 Å². The summed E-state index contributed by atoms with van der Waals surface area (Å²) >= 11 is 1.30. The van der Waals surface area contributed by atoms with E-state index < -0.39 is 0 Å². The Hall–Kier alpha value is -1.66. The van der Waals surface area contributed by atoms with Gasteiger partial charge in [-0.05, 0) is 25.1 Å². The Labute approximate surface area is 104 Å². The zero-order valence-corrected chi connectivity index (χ0v) is 10.5. The molecule has 0 aliphatic rings. The number of anilines is 3. The van der Waals surface area contributed by atoms with E-state index in [-0.39, 0.29) is 6.10 Å². The van der Waals surface area contributed by atoms with Crippen LogP contribution in [-0.2, 0) is 4.74 Å². The minimum atomic E-state index is -0.0948. The Bertz CT molecular complexity index is 500. The smallest absolute Gasteiger partial charge is 0.207 e. The summed E-state index contributed by atoms with van der Waals surface area (Å²) in [6.45, 7) is 1.91. The second-order valence-electron chi connectivity index (χ2n) is 3.59. The molecular weight excluding hydrogens is 236 g/mol. The summed E-state index contributed by atoms with van der Waals surface area (Å²) < 4.78 is 9.37. The van der Waals surface area contributed by atoms with Gasteiger partial charge in [-0.15, -0.1) is 0 Å². The molecule has 0 radical (unpaired) electrons. The van der Waals surface area contributed by atoms with Crippen molar-refractivity contribution in [2.45, 2.75) is 13.0 Å². The van der Waals surface area contributed by atoms with Crippen LogP contribution in [0.4, 0.5) is 16.5 Å². The van der Waals surface area contributed by atoms with E-state index in [9.17, 15) is 0 Å². The number of aromatic nitrogens is 2. The van der Waals surface area contributed by atoms with Crippen LogP contribution in [0, 0.1) is 0 Å². The largest absolute Gasteiger partial charge is 0.399 e. The number of ether oxygens (including phenoxy) is 1. The molecule has 0 amide bonds. The molecule has 0 aliphatic carbocycles. The number of benzene rings is 1. The van der Waals surface area contributed by atoms with Gasteiger partial charge in [0.25, 0.3) is 0 Å². The molecule has 0 fully saturated rings. The Morgan fingerprint density at radius 2 is 2.29 bits per heavy atom. The van der Waals surface area contributed by atoms with Crippen molar-refractivity contribution < 1.29 is 4.74 Å². The van der Waals surface area contributed by atoms with Crippen molar-refractivity contribution in [1.82, 2.24) is 9.36 Å². The third-order valence-corrected chi connectivity index (χ3v) is 2.94. The van der Waals surface area contributed by atoms with Crippen LogP contribution in [-0.4, -0.2) is 16.5 Å². The lowest BCUT2D eigenvalue weighted by Crippen LogP contribution is -1.98. The molecule has 2 rings (SSSR count). The predicted octanol–water partition coefficient (Wildman–Crippen LogP) is 2.57. The number of nitrogens with two attached hydrogens (primary N) is 1. The van der Waals surface area contributed by atoms with Crippen molar-refractivity contribution in [3.8, 4) is 0 Å². The van der Waals surface area contributed by atoms with E-state index in [0.717, 1.165) is 10.8 Å². The number of hydrogen-bond acceptors (Lipinski definition) is 6. The van der Waals surface area contributed by atoms with Gasteiger partial charge in [-0.3, -0.25) is 0 Å². The van der Waals surface area contributed by atoms with E-state index in [0.29, 0.717) is 11.5 Å². The van der Waals surface area contributed by atoms with Crippen molar-refractivity contribution in [3.63, 3.8) is 0 Å². The topological polar surface area (TPSA) is 73.1 Å². The number of methoxy groups -OCH3 is 1. The number of hydrogen-bond donors (Lipinski definition) is 2. The maximum Gasteiger partial charge on any atom is 0.207 e. The summed E-state index contributed by atoms with van der Waals surface area (Å²) in [6.07, 6.45) is -0.0948. The van der Waals surface area contributed by atoms with Crippen LogP contribution in [0.1, 0.15) is 18.9 Å². The van der Waals surface area contributed by atoms with Crippen LogP contribution < -0.4 is 11.1 Å². The lowest BCUT2D eigenvalue weighted by atomic mass is 10.3. The Kier molecular flexibility index (Phi) is 3.55. The lowest BCUT2D eigenvalue weighted by Gasteiger charge is -2.03. The fourth-order valence-electron chi connectivity index (χ4n) is 1.30. The summed E-state index contributed by atoms with van der Waals surface area (Å²) in [5, 5.41) is 3.88. The van der Waals surface area contributed by atoms with Gasteiger partial charge >= 0.3 is 0 Å². The normalized spacial score (nSPS) is 12.4. The van der Waals surface area contributed by atoms with E-state index in [1.807, 2.05) is 31.2 Å². The number of rotatable bonds is 4. The molecule has 0 bridgehead atoms. The highest BCUT2D eigenvalue weighted by Gasteiger charge is 2.10. The van der Waals surface area contributed by atoms with E-state index in [4.69, 9.17) is 10.5 Å². The van der Waals surface area contributed by atoms with Crippen molar-refractivity contribution >= 4 is 28.0 Å². The molecular formula is C11H14N4OS. The zero-order valence-electron chi connectivity index (χ0n) is 9.68. The van der Waals surface area contributed by atoms with Crippen LogP contribution in [0.15, 0.2) is 24.3 Å². The van der Waals surface area contributed by atoms with Crippen LogP contribution >= 0.6 is 11.5 Å². The first-order valence-corrected chi connectivity index (χ1v) is 5.95. The highest BCUT2D eigenvalue weighted by atomic mass is 32.1. The van der Waals surface area contributed by atoms with Crippen molar-refractivity contribution in [1.29, 1.82) is 0 Å². The molecule has 1 unspecified atom stereocenters. The van der Waals surface area contributed by atoms with Crippen LogP contribution in [0.3, 0.4) is 0 Å². The summed E-state index contributed by atoms with van der Waals surface area (Å²) in [6, 6.07) is 7.50. The fraction of sp³-hybridized carbons (Fsp3) is 0.273. The summed E-state index contributed by atoms with van der Waals surface area (Å²) in [4.78, 5) is 4.34. The molecule has 1 aromatic heterocycles. The number of nitrogen functional groups attached to an aromatic ring is 1. The second-order valence-corrected chi connectivity index (χ2v) is 4.34. The first kappa shape index (κ1) is 11.8. The first-order valence-electron chi connectivity index (χ1n) is 5.18. The molecule has 0 saturated heterocycles. The molecule has 1 heterocycles.